The van der Waals surface area contributed by atoms with Crippen LogP contribution in [0.3, 0.4) is 0 Å². The van der Waals surface area contributed by atoms with E-state index < -0.39 is 53.0 Å². The highest BCUT2D eigenvalue weighted by Crippen LogP contribution is 2.41. The lowest BCUT2D eigenvalue weighted by atomic mass is 10.0. The number of nitrogens with two attached hydrogens (primary N) is 1. The Morgan fingerprint density at radius 1 is 1.32 bits per heavy atom. The van der Waals surface area contributed by atoms with Crippen molar-refractivity contribution in [1.82, 2.24) is 15.5 Å². The molecule has 15 heteroatoms. The number of amides is 3. The predicted molar refractivity (Wildman–Crippen MR) is 135 cm³/mol. The van der Waals surface area contributed by atoms with Gasteiger partial charge in [0.2, 0.25) is 5.96 Å². The number of hydrogen-bond acceptors (Lipinski definition) is 7. The molecule has 5 N–H and O–H groups in total. The van der Waals surface area contributed by atoms with Crippen molar-refractivity contribution < 1.29 is 37.4 Å². The Balaban J connectivity index is 0.00000507. The lowest BCUT2D eigenvalue weighted by molar-refractivity contribution is -0.137. The Morgan fingerprint density at radius 3 is 2.55 bits per heavy atom. The quantitative estimate of drug-likeness (QED) is 0.291. The van der Waals surface area contributed by atoms with E-state index in [1.165, 1.54) is 6.07 Å². The van der Waals surface area contributed by atoms with Crippen molar-refractivity contribution in [1.29, 1.82) is 0 Å². The molecule has 1 unspecified atom stereocenters. The molecule has 210 valence electrons. The third-order valence-corrected chi connectivity index (χ3v) is 5.68. The third kappa shape index (κ3) is 6.67. The van der Waals surface area contributed by atoms with Crippen LogP contribution in [0.15, 0.2) is 35.2 Å². The van der Waals surface area contributed by atoms with Gasteiger partial charge in [-0.3, -0.25) is 14.6 Å². The van der Waals surface area contributed by atoms with E-state index in [-0.39, 0.29) is 37.0 Å². The van der Waals surface area contributed by atoms with Crippen LogP contribution in [0.4, 0.5) is 28.4 Å². The summed E-state index contributed by atoms with van der Waals surface area (Å²) in [5.41, 5.74) is 3.16. The Bertz CT molecular complexity index is 1140. The molecule has 1 aromatic rings. The number of alkyl halides is 3. The number of unbranched alkanes of at least 4 members (excludes halogenated alkanes) is 2. The molecule has 1 saturated heterocycles. The van der Waals surface area contributed by atoms with Crippen LogP contribution in [-0.2, 0) is 10.9 Å². The number of rotatable bonds is 7. The summed E-state index contributed by atoms with van der Waals surface area (Å²) in [5.74, 6) is -1.63. The van der Waals surface area contributed by atoms with Gasteiger partial charge in [0.15, 0.2) is 5.76 Å². The number of nitrogens with zero attached hydrogens (tertiary/aromatic N) is 3. The molecule has 2 heterocycles. The van der Waals surface area contributed by atoms with E-state index in [1.54, 1.807) is 13.8 Å². The van der Waals surface area contributed by atoms with Crippen molar-refractivity contribution in [2.75, 3.05) is 18.0 Å². The molecule has 2 aliphatic rings. The summed E-state index contributed by atoms with van der Waals surface area (Å²) in [4.78, 5) is 43.0. The number of nitrogens with one attached hydrogen (secondary N) is 2. The highest BCUT2D eigenvalue weighted by Gasteiger charge is 2.46. The predicted octanol–water partition coefficient (Wildman–Crippen LogP) is 3.85. The van der Waals surface area contributed by atoms with Crippen LogP contribution < -0.4 is 21.3 Å². The number of guanidine groups is 1. The summed E-state index contributed by atoms with van der Waals surface area (Å²) >= 11 is 0. The lowest BCUT2D eigenvalue weighted by Gasteiger charge is -2.39. The number of aliphatic imine (C=N–C) groups is 1. The van der Waals surface area contributed by atoms with E-state index in [9.17, 15) is 27.6 Å². The van der Waals surface area contributed by atoms with Crippen molar-refractivity contribution in [3.63, 3.8) is 0 Å². The van der Waals surface area contributed by atoms with Crippen molar-refractivity contribution in [2.24, 2.45) is 10.7 Å². The van der Waals surface area contributed by atoms with E-state index in [0.717, 1.165) is 41.0 Å². The van der Waals surface area contributed by atoms with Gasteiger partial charge in [0.25, 0.3) is 5.91 Å². The Hall–Kier alpha value is -3.52. The number of ether oxygens (including phenoxy) is 1. The maximum Gasteiger partial charge on any atom is 0.511 e. The first-order valence-electron chi connectivity index (χ1n) is 11.6. The first-order valence-corrected chi connectivity index (χ1v) is 11.6. The van der Waals surface area contributed by atoms with E-state index >= 15 is 0 Å². The average Bonchev–Trinajstić information content (AvgIpc) is 3.08. The van der Waals surface area contributed by atoms with Crippen molar-refractivity contribution >= 4 is 42.1 Å². The fourth-order valence-electron chi connectivity index (χ4n) is 4.05. The van der Waals surface area contributed by atoms with Gasteiger partial charge in [0, 0.05) is 6.54 Å². The van der Waals surface area contributed by atoms with Gasteiger partial charge >= 0.3 is 18.4 Å². The molecule has 0 aromatic heterocycles. The number of carboxylic acid groups (broad SMARTS) is 1. The van der Waals surface area contributed by atoms with E-state index in [4.69, 9.17) is 10.8 Å². The lowest BCUT2D eigenvalue weighted by Crippen LogP contribution is -2.57. The van der Waals surface area contributed by atoms with Crippen molar-refractivity contribution in [2.45, 2.75) is 57.9 Å². The van der Waals surface area contributed by atoms with Crippen LogP contribution in [0, 0.1) is 0 Å². The summed E-state index contributed by atoms with van der Waals surface area (Å²) in [6.07, 6.45) is -5.16. The highest BCUT2D eigenvalue weighted by atomic mass is 35.5. The van der Waals surface area contributed by atoms with Crippen LogP contribution in [0.2, 0.25) is 0 Å². The Labute approximate surface area is 223 Å². The molecule has 11 nitrogen and oxygen atoms in total. The topological polar surface area (TPSA) is 150 Å². The monoisotopic (exact) mass is 562 g/mol. The number of para-hydroxylation sites is 1. The molecule has 38 heavy (non-hydrogen) atoms. The molecule has 0 bridgehead atoms. The normalized spacial score (nSPS) is 18.7. The summed E-state index contributed by atoms with van der Waals surface area (Å²) in [6.45, 7) is 5.60. The maximum atomic E-state index is 14.3. The molecular formula is C23H30ClF3N6O5. The van der Waals surface area contributed by atoms with E-state index in [1.807, 2.05) is 6.92 Å². The molecule has 0 spiro atoms. The molecule has 1 fully saturated rings. The Kier molecular flexibility index (Phi) is 9.61. The Morgan fingerprint density at radius 2 is 2.00 bits per heavy atom. The third-order valence-electron chi connectivity index (χ3n) is 5.68. The van der Waals surface area contributed by atoms with Crippen LogP contribution >= 0.6 is 12.4 Å². The minimum absolute atomic E-state index is 0. The van der Waals surface area contributed by atoms with Crippen LogP contribution in [0.1, 0.15) is 56.0 Å². The first kappa shape index (κ1) is 30.7. The average molecular weight is 563 g/mol. The largest absolute Gasteiger partial charge is 0.511 e. The summed E-state index contributed by atoms with van der Waals surface area (Å²) in [6, 6.07) is 2.37. The molecule has 0 saturated carbocycles. The number of urea groups is 1. The van der Waals surface area contributed by atoms with Gasteiger partial charge in [-0.2, -0.15) is 13.2 Å². The SMILES string of the molecule is CCCCCNC(=O)c1cccc(C(F)(F)F)c1N1C(N2CC(C)(C)NC2=O)=NC=C(OC(=O)O)C1N.Cl. The second-order valence-corrected chi connectivity index (χ2v) is 9.21. The molecule has 1 atom stereocenters. The van der Waals surface area contributed by atoms with Gasteiger partial charge in [0.05, 0.1) is 35.1 Å². The highest BCUT2D eigenvalue weighted by molar-refractivity contribution is 6.12. The maximum absolute atomic E-state index is 14.3. The first-order chi connectivity index (χ1) is 17.3. The zero-order valence-electron chi connectivity index (χ0n) is 21.0. The standard InChI is InChI=1S/C23H29F3N6O5.ClH/c1-4-5-6-10-28-18(33)13-8-7-9-14(23(24,25)26)16(13)32-17(27)15(37-21(35)36)11-29-19(32)31-12-22(2,3)30-20(31)34;/h7-9,11,17H,4-6,10,12,27H2,1-3H3,(H,28,33)(H,30,34)(H,35,36);1H. The minimum Gasteiger partial charge on any atom is -0.449 e. The fraction of sp³-hybridized carbons (Fsp3) is 0.478. The number of carbonyl (C=O) groups excluding carboxylic acids is 2. The number of carbonyl (C=O) groups is 3. The summed E-state index contributed by atoms with van der Waals surface area (Å²) in [7, 11) is 0. The molecule has 0 radical (unpaired) electrons. The minimum atomic E-state index is -4.94. The van der Waals surface area contributed by atoms with Gasteiger partial charge in [0.1, 0.15) is 6.17 Å². The van der Waals surface area contributed by atoms with Crippen molar-refractivity contribution in [3.8, 4) is 0 Å². The van der Waals surface area contributed by atoms with Crippen LogP contribution in [-0.4, -0.2) is 58.9 Å². The van der Waals surface area contributed by atoms with Gasteiger partial charge in [-0.1, -0.05) is 25.8 Å². The number of anilines is 1. The number of hydrogen-bond donors (Lipinski definition) is 4. The molecular weight excluding hydrogens is 533 g/mol. The van der Waals surface area contributed by atoms with Crippen molar-refractivity contribution in [3.05, 3.63) is 41.3 Å². The second-order valence-electron chi connectivity index (χ2n) is 9.21. The van der Waals surface area contributed by atoms with Gasteiger partial charge in [-0.15, -0.1) is 12.4 Å². The zero-order valence-corrected chi connectivity index (χ0v) is 21.8. The fourth-order valence-corrected chi connectivity index (χ4v) is 4.05. The van der Waals surface area contributed by atoms with E-state index in [0.29, 0.717) is 6.42 Å². The molecule has 3 amide bonds. The summed E-state index contributed by atoms with van der Waals surface area (Å²) < 4.78 is 47.5. The van der Waals surface area contributed by atoms with E-state index in [2.05, 4.69) is 20.4 Å². The number of benzene rings is 1. The second kappa shape index (κ2) is 11.9. The number of halogens is 4. The van der Waals surface area contributed by atoms with Gasteiger partial charge < -0.3 is 26.2 Å². The van der Waals surface area contributed by atoms with Crippen LogP contribution in [0.5, 0.6) is 0 Å². The smallest absolute Gasteiger partial charge is 0.449 e. The molecule has 3 rings (SSSR count). The molecule has 2 aliphatic heterocycles. The van der Waals surface area contributed by atoms with Gasteiger partial charge in [-0.25, -0.2) is 14.6 Å². The van der Waals surface area contributed by atoms with Crippen LogP contribution in [0.25, 0.3) is 0 Å². The molecule has 0 aliphatic carbocycles. The zero-order chi connectivity index (χ0) is 27.5. The van der Waals surface area contributed by atoms with Gasteiger partial charge in [-0.05, 0) is 32.4 Å². The molecule has 1 aromatic carbocycles. The summed E-state index contributed by atoms with van der Waals surface area (Å²) in [5, 5.41) is 14.4.